The van der Waals surface area contributed by atoms with E-state index in [0.29, 0.717) is 0 Å². The standard InChI is InChI=1S/C17H19Br2NO/c1-3-14(20)9-12-4-6-17(15(19)10-12)21-16-7-5-13(18)8-11(16)2/h4-8,10,14H,3,9,20H2,1-2H3. The summed E-state index contributed by atoms with van der Waals surface area (Å²) < 4.78 is 7.98. The fourth-order valence-corrected chi connectivity index (χ4v) is 3.03. The first kappa shape index (κ1) is 16.5. The molecule has 0 aliphatic heterocycles. The van der Waals surface area contributed by atoms with Gasteiger partial charge >= 0.3 is 0 Å². The summed E-state index contributed by atoms with van der Waals surface area (Å²) in [5.41, 5.74) is 8.31. The van der Waals surface area contributed by atoms with Gasteiger partial charge in [-0.1, -0.05) is 28.9 Å². The van der Waals surface area contributed by atoms with Crippen molar-refractivity contribution in [3.63, 3.8) is 0 Å². The minimum absolute atomic E-state index is 0.206. The summed E-state index contributed by atoms with van der Waals surface area (Å²) in [6.45, 7) is 4.14. The molecule has 0 spiro atoms. The van der Waals surface area contributed by atoms with Crippen LogP contribution in [0.25, 0.3) is 0 Å². The fourth-order valence-electron chi connectivity index (χ4n) is 2.05. The summed E-state index contributed by atoms with van der Waals surface area (Å²) >= 11 is 7.04. The van der Waals surface area contributed by atoms with Crippen molar-refractivity contribution >= 4 is 31.9 Å². The second-order valence-electron chi connectivity index (χ2n) is 5.15. The SMILES string of the molecule is CCC(N)Cc1ccc(Oc2ccc(Br)cc2C)c(Br)c1. The van der Waals surface area contributed by atoms with E-state index in [0.717, 1.165) is 38.8 Å². The zero-order chi connectivity index (χ0) is 15.4. The molecule has 0 aromatic heterocycles. The number of aryl methyl sites for hydroxylation is 1. The van der Waals surface area contributed by atoms with Gasteiger partial charge in [-0.2, -0.15) is 0 Å². The Kier molecular flexibility index (Phi) is 5.85. The van der Waals surface area contributed by atoms with E-state index in [1.165, 1.54) is 5.56 Å². The molecule has 0 aliphatic rings. The lowest BCUT2D eigenvalue weighted by Gasteiger charge is -2.13. The molecule has 0 saturated heterocycles. The van der Waals surface area contributed by atoms with Crippen molar-refractivity contribution in [2.75, 3.05) is 0 Å². The van der Waals surface area contributed by atoms with Gasteiger partial charge in [-0.25, -0.2) is 0 Å². The number of rotatable bonds is 5. The van der Waals surface area contributed by atoms with Crippen molar-refractivity contribution in [3.05, 3.63) is 56.5 Å². The molecule has 2 N–H and O–H groups in total. The van der Waals surface area contributed by atoms with Crippen LogP contribution in [-0.2, 0) is 6.42 Å². The number of hydrogen-bond donors (Lipinski definition) is 1. The zero-order valence-corrected chi connectivity index (χ0v) is 15.4. The third kappa shape index (κ3) is 4.56. The van der Waals surface area contributed by atoms with Gasteiger partial charge in [-0.15, -0.1) is 0 Å². The molecule has 0 radical (unpaired) electrons. The van der Waals surface area contributed by atoms with E-state index in [1.54, 1.807) is 0 Å². The molecule has 1 atom stereocenters. The highest BCUT2D eigenvalue weighted by Crippen LogP contribution is 2.33. The molecule has 112 valence electrons. The van der Waals surface area contributed by atoms with Crippen LogP contribution in [0.1, 0.15) is 24.5 Å². The maximum Gasteiger partial charge on any atom is 0.141 e. The van der Waals surface area contributed by atoms with Crippen molar-refractivity contribution in [2.45, 2.75) is 32.7 Å². The van der Waals surface area contributed by atoms with E-state index in [-0.39, 0.29) is 6.04 Å². The number of halogens is 2. The second-order valence-corrected chi connectivity index (χ2v) is 6.92. The first-order valence-corrected chi connectivity index (χ1v) is 8.56. The Labute approximate surface area is 143 Å². The van der Waals surface area contributed by atoms with Gasteiger partial charge in [-0.05, 0) is 77.2 Å². The van der Waals surface area contributed by atoms with E-state index in [4.69, 9.17) is 10.5 Å². The van der Waals surface area contributed by atoms with Gasteiger partial charge in [-0.3, -0.25) is 0 Å². The molecule has 0 heterocycles. The highest BCUT2D eigenvalue weighted by atomic mass is 79.9. The van der Waals surface area contributed by atoms with Crippen LogP contribution in [0.4, 0.5) is 0 Å². The Morgan fingerprint density at radius 2 is 1.81 bits per heavy atom. The quantitative estimate of drug-likeness (QED) is 0.694. The Balaban J connectivity index is 2.17. The van der Waals surface area contributed by atoms with Crippen LogP contribution < -0.4 is 10.5 Å². The Morgan fingerprint density at radius 3 is 2.43 bits per heavy atom. The summed E-state index contributed by atoms with van der Waals surface area (Å²) in [5, 5.41) is 0. The highest BCUT2D eigenvalue weighted by molar-refractivity contribution is 9.10. The van der Waals surface area contributed by atoms with E-state index in [1.807, 2.05) is 31.2 Å². The molecular weight excluding hydrogens is 394 g/mol. The number of ether oxygens (including phenoxy) is 1. The monoisotopic (exact) mass is 411 g/mol. The third-order valence-electron chi connectivity index (χ3n) is 3.38. The number of hydrogen-bond acceptors (Lipinski definition) is 2. The molecule has 4 heteroatoms. The molecule has 0 saturated carbocycles. The van der Waals surface area contributed by atoms with Gasteiger partial charge in [0.05, 0.1) is 4.47 Å². The molecule has 1 unspecified atom stereocenters. The van der Waals surface area contributed by atoms with Crippen LogP contribution in [-0.4, -0.2) is 6.04 Å². The van der Waals surface area contributed by atoms with Crippen molar-refractivity contribution < 1.29 is 4.74 Å². The summed E-state index contributed by atoms with van der Waals surface area (Å²) in [7, 11) is 0. The first-order valence-electron chi connectivity index (χ1n) is 6.97. The molecule has 2 rings (SSSR count). The average molecular weight is 413 g/mol. The molecule has 0 bridgehead atoms. The van der Waals surface area contributed by atoms with Crippen molar-refractivity contribution in [2.24, 2.45) is 5.73 Å². The van der Waals surface area contributed by atoms with Crippen LogP contribution in [0, 0.1) is 6.92 Å². The van der Waals surface area contributed by atoms with Crippen molar-refractivity contribution in [1.29, 1.82) is 0 Å². The molecule has 0 aliphatic carbocycles. The van der Waals surface area contributed by atoms with E-state index in [9.17, 15) is 0 Å². The Hall–Kier alpha value is -0.840. The van der Waals surface area contributed by atoms with Gasteiger partial charge in [0.25, 0.3) is 0 Å². The lowest BCUT2D eigenvalue weighted by Crippen LogP contribution is -2.21. The molecule has 0 amide bonds. The van der Waals surface area contributed by atoms with Crippen LogP contribution in [0.5, 0.6) is 11.5 Å². The van der Waals surface area contributed by atoms with E-state index >= 15 is 0 Å². The van der Waals surface area contributed by atoms with Crippen molar-refractivity contribution in [1.82, 2.24) is 0 Å². The van der Waals surface area contributed by atoms with Crippen LogP contribution in [0.3, 0.4) is 0 Å². The van der Waals surface area contributed by atoms with Gasteiger partial charge in [0.15, 0.2) is 0 Å². The summed E-state index contributed by atoms with van der Waals surface area (Å²) in [6, 6.07) is 12.3. The molecule has 2 aromatic carbocycles. The minimum atomic E-state index is 0.206. The summed E-state index contributed by atoms with van der Waals surface area (Å²) in [4.78, 5) is 0. The predicted molar refractivity (Wildman–Crippen MR) is 95.1 cm³/mol. The predicted octanol–water partition coefficient (Wildman–Crippen LogP) is 5.59. The van der Waals surface area contributed by atoms with E-state index < -0.39 is 0 Å². The van der Waals surface area contributed by atoms with Crippen LogP contribution in [0.15, 0.2) is 45.3 Å². The Bertz CT molecular complexity index is 628. The molecule has 2 nitrogen and oxygen atoms in total. The number of benzene rings is 2. The van der Waals surface area contributed by atoms with Crippen LogP contribution in [0.2, 0.25) is 0 Å². The van der Waals surface area contributed by atoms with E-state index in [2.05, 4.69) is 50.9 Å². The number of nitrogens with two attached hydrogens (primary N) is 1. The topological polar surface area (TPSA) is 35.2 Å². The lowest BCUT2D eigenvalue weighted by atomic mass is 10.0. The lowest BCUT2D eigenvalue weighted by molar-refractivity contribution is 0.475. The second kappa shape index (κ2) is 7.43. The highest BCUT2D eigenvalue weighted by Gasteiger charge is 2.08. The smallest absolute Gasteiger partial charge is 0.141 e. The fraction of sp³-hybridized carbons (Fsp3) is 0.294. The van der Waals surface area contributed by atoms with Crippen LogP contribution >= 0.6 is 31.9 Å². The van der Waals surface area contributed by atoms with Gasteiger partial charge in [0.1, 0.15) is 11.5 Å². The molecule has 0 fully saturated rings. The maximum atomic E-state index is 6.00. The summed E-state index contributed by atoms with van der Waals surface area (Å²) in [5.74, 6) is 1.67. The zero-order valence-electron chi connectivity index (χ0n) is 12.2. The van der Waals surface area contributed by atoms with Gasteiger partial charge < -0.3 is 10.5 Å². The Morgan fingerprint density at radius 1 is 1.10 bits per heavy atom. The molecule has 21 heavy (non-hydrogen) atoms. The molecular formula is C17H19Br2NO. The average Bonchev–Trinajstić information content (AvgIpc) is 2.44. The van der Waals surface area contributed by atoms with Gasteiger partial charge in [0.2, 0.25) is 0 Å². The third-order valence-corrected chi connectivity index (χ3v) is 4.49. The largest absolute Gasteiger partial charge is 0.456 e. The normalized spacial score (nSPS) is 12.2. The first-order chi connectivity index (χ1) is 9.99. The summed E-state index contributed by atoms with van der Waals surface area (Å²) in [6.07, 6.45) is 1.86. The van der Waals surface area contributed by atoms with Gasteiger partial charge in [0, 0.05) is 10.5 Å². The molecule has 2 aromatic rings. The minimum Gasteiger partial charge on any atom is -0.456 e. The van der Waals surface area contributed by atoms with Crippen molar-refractivity contribution in [3.8, 4) is 11.5 Å². The maximum absolute atomic E-state index is 6.00.